The summed E-state index contributed by atoms with van der Waals surface area (Å²) in [5.74, 6) is 0. The van der Waals surface area contributed by atoms with Crippen LogP contribution in [0.2, 0.25) is 0 Å². The van der Waals surface area contributed by atoms with Crippen LogP contribution >= 0.6 is 11.3 Å². The maximum absolute atomic E-state index is 11.8. The SMILES string of the molecule is O=C(NCCCc1cn[nH]c1)Nc1nc2c(s1)CCCC2. The van der Waals surface area contributed by atoms with Gasteiger partial charge < -0.3 is 5.32 Å². The molecule has 3 N–H and O–H groups in total. The second-order valence-electron chi connectivity index (χ2n) is 5.19. The molecule has 0 spiro atoms. The first-order valence-corrected chi connectivity index (χ1v) is 8.14. The van der Waals surface area contributed by atoms with Gasteiger partial charge in [0.2, 0.25) is 0 Å². The molecule has 0 unspecified atom stereocenters. The quantitative estimate of drug-likeness (QED) is 0.742. The second kappa shape index (κ2) is 6.71. The van der Waals surface area contributed by atoms with Crippen molar-refractivity contribution in [2.75, 3.05) is 11.9 Å². The molecule has 0 atom stereocenters. The van der Waals surface area contributed by atoms with Gasteiger partial charge >= 0.3 is 6.03 Å². The molecule has 0 saturated carbocycles. The summed E-state index contributed by atoms with van der Waals surface area (Å²) in [7, 11) is 0. The lowest BCUT2D eigenvalue weighted by molar-refractivity contribution is 0.252. The third-order valence-corrected chi connectivity index (χ3v) is 4.62. The highest BCUT2D eigenvalue weighted by Crippen LogP contribution is 2.29. The lowest BCUT2D eigenvalue weighted by Crippen LogP contribution is -2.29. The molecular weight excluding hydrogens is 286 g/mol. The number of nitrogens with one attached hydrogen (secondary N) is 3. The minimum absolute atomic E-state index is 0.173. The van der Waals surface area contributed by atoms with Crippen molar-refractivity contribution in [3.63, 3.8) is 0 Å². The number of rotatable bonds is 5. The van der Waals surface area contributed by atoms with E-state index in [-0.39, 0.29) is 6.03 Å². The molecule has 1 aliphatic rings. The van der Waals surface area contributed by atoms with Crippen molar-refractivity contribution in [3.8, 4) is 0 Å². The van der Waals surface area contributed by atoms with E-state index in [0.717, 1.165) is 31.2 Å². The van der Waals surface area contributed by atoms with Gasteiger partial charge in [-0.15, -0.1) is 11.3 Å². The molecule has 2 aromatic heterocycles. The number of aryl methyl sites for hydroxylation is 3. The number of thiazole rings is 1. The Hall–Kier alpha value is -1.89. The van der Waals surface area contributed by atoms with E-state index < -0.39 is 0 Å². The summed E-state index contributed by atoms with van der Waals surface area (Å²) in [4.78, 5) is 17.6. The van der Waals surface area contributed by atoms with Crippen LogP contribution in [-0.4, -0.2) is 27.8 Å². The monoisotopic (exact) mass is 305 g/mol. The van der Waals surface area contributed by atoms with Crippen molar-refractivity contribution in [3.05, 3.63) is 28.5 Å². The number of aromatic amines is 1. The Kier molecular flexibility index (Phi) is 4.49. The molecule has 0 aromatic carbocycles. The predicted molar refractivity (Wildman–Crippen MR) is 82.7 cm³/mol. The first-order chi connectivity index (χ1) is 10.3. The van der Waals surface area contributed by atoms with Crippen LogP contribution in [0, 0.1) is 0 Å². The smallest absolute Gasteiger partial charge is 0.321 e. The van der Waals surface area contributed by atoms with Crippen molar-refractivity contribution >= 4 is 22.5 Å². The number of carbonyl (C=O) groups is 1. The van der Waals surface area contributed by atoms with E-state index in [1.165, 1.54) is 23.4 Å². The Bertz CT molecular complexity index is 569. The first kappa shape index (κ1) is 14.1. The Morgan fingerprint density at radius 1 is 1.38 bits per heavy atom. The fourth-order valence-corrected chi connectivity index (χ4v) is 3.50. The second-order valence-corrected chi connectivity index (χ2v) is 6.27. The van der Waals surface area contributed by atoms with Crippen molar-refractivity contribution in [2.24, 2.45) is 0 Å². The number of aromatic nitrogens is 3. The van der Waals surface area contributed by atoms with Gasteiger partial charge in [-0.1, -0.05) is 0 Å². The van der Waals surface area contributed by atoms with Crippen molar-refractivity contribution in [2.45, 2.75) is 38.5 Å². The molecule has 7 heteroatoms. The number of H-pyrrole nitrogens is 1. The number of carbonyl (C=O) groups excluding carboxylic acids is 1. The fraction of sp³-hybridized carbons (Fsp3) is 0.500. The van der Waals surface area contributed by atoms with E-state index >= 15 is 0 Å². The fourth-order valence-electron chi connectivity index (χ4n) is 2.46. The van der Waals surface area contributed by atoms with E-state index in [9.17, 15) is 4.79 Å². The molecule has 0 bridgehead atoms. The topological polar surface area (TPSA) is 82.7 Å². The van der Waals surface area contributed by atoms with Gasteiger partial charge in [-0.05, 0) is 44.1 Å². The van der Waals surface area contributed by atoms with Crippen LogP contribution < -0.4 is 10.6 Å². The highest BCUT2D eigenvalue weighted by atomic mass is 32.1. The van der Waals surface area contributed by atoms with E-state index in [1.807, 2.05) is 6.20 Å². The van der Waals surface area contributed by atoms with Crippen LogP contribution in [0.5, 0.6) is 0 Å². The number of amides is 2. The molecule has 0 radical (unpaired) electrons. The zero-order valence-corrected chi connectivity index (χ0v) is 12.6. The Morgan fingerprint density at radius 3 is 3.10 bits per heavy atom. The highest BCUT2D eigenvalue weighted by molar-refractivity contribution is 7.15. The Morgan fingerprint density at radius 2 is 2.29 bits per heavy atom. The zero-order chi connectivity index (χ0) is 14.5. The van der Waals surface area contributed by atoms with Gasteiger partial charge in [-0.25, -0.2) is 9.78 Å². The molecule has 0 fully saturated rings. The minimum atomic E-state index is -0.173. The van der Waals surface area contributed by atoms with Crippen LogP contribution in [0.15, 0.2) is 12.4 Å². The molecule has 6 nitrogen and oxygen atoms in total. The van der Waals surface area contributed by atoms with Crippen molar-refractivity contribution < 1.29 is 4.79 Å². The van der Waals surface area contributed by atoms with Crippen molar-refractivity contribution in [1.82, 2.24) is 20.5 Å². The molecular formula is C14H19N5OS. The van der Waals surface area contributed by atoms with Gasteiger partial charge in [0.15, 0.2) is 5.13 Å². The number of hydrogen-bond donors (Lipinski definition) is 3. The molecule has 112 valence electrons. The standard InChI is InChI=1S/C14H19N5OS/c20-13(15-7-3-4-10-8-16-17-9-10)19-14-18-11-5-1-2-6-12(11)21-14/h8-9H,1-7H2,(H,16,17)(H2,15,18,19,20). The van der Waals surface area contributed by atoms with Crippen LogP contribution in [0.25, 0.3) is 0 Å². The highest BCUT2D eigenvalue weighted by Gasteiger charge is 2.16. The zero-order valence-electron chi connectivity index (χ0n) is 11.8. The normalized spacial score (nSPS) is 13.7. The molecule has 2 amide bonds. The van der Waals surface area contributed by atoms with E-state index in [0.29, 0.717) is 11.7 Å². The number of nitrogens with zero attached hydrogens (tertiary/aromatic N) is 2. The van der Waals surface area contributed by atoms with Gasteiger partial charge in [0.25, 0.3) is 0 Å². The third-order valence-electron chi connectivity index (χ3n) is 3.55. The van der Waals surface area contributed by atoms with Crippen molar-refractivity contribution in [1.29, 1.82) is 0 Å². The molecule has 1 aliphatic carbocycles. The lowest BCUT2D eigenvalue weighted by atomic mass is 10.0. The van der Waals surface area contributed by atoms with Crippen LogP contribution in [0.4, 0.5) is 9.93 Å². The summed E-state index contributed by atoms with van der Waals surface area (Å²) in [6.07, 6.45) is 10.1. The summed E-state index contributed by atoms with van der Waals surface area (Å²) in [6.45, 7) is 0.641. The Balaban J connectivity index is 1.40. The number of anilines is 1. The summed E-state index contributed by atoms with van der Waals surface area (Å²) in [5.41, 5.74) is 2.33. The number of urea groups is 1. The largest absolute Gasteiger partial charge is 0.338 e. The maximum atomic E-state index is 11.8. The first-order valence-electron chi connectivity index (χ1n) is 7.32. The molecule has 0 aliphatic heterocycles. The van der Waals surface area contributed by atoms with Crippen LogP contribution in [0.3, 0.4) is 0 Å². The summed E-state index contributed by atoms with van der Waals surface area (Å²) in [6, 6.07) is -0.173. The number of hydrogen-bond acceptors (Lipinski definition) is 4. The van der Waals surface area contributed by atoms with E-state index in [1.54, 1.807) is 17.5 Å². The summed E-state index contributed by atoms with van der Waals surface area (Å²) in [5, 5.41) is 13.1. The van der Waals surface area contributed by atoms with Gasteiger partial charge in [0, 0.05) is 17.6 Å². The van der Waals surface area contributed by atoms with Crippen LogP contribution in [0.1, 0.15) is 35.4 Å². The predicted octanol–water partition coefficient (Wildman–Crippen LogP) is 2.50. The summed E-state index contributed by atoms with van der Waals surface area (Å²) < 4.78 is 0. The van der Waals surface area contributed by atoms with Gasteiger partial charge in [0.05, 0.1) is 11.9 Å². The Labute approximate surface area is 127 Å². The maximum Gasteiger partial charge on any atom is 0.321 e. The number of fused-ring (bicyclic) bond motifs is 1. The van der Waals surface area contributed by atoms with Gasteiger partial charge in [-0.3, -0.25) is 10.4 Å². The average molecular weight is 305 g/mol. The molecule has 2 aromatic rings. The minimum Gasteiger partial charge on any atom is -0.338 e. The lowest BCUT2D eigenvalue weighted by Gasteiger charge is -2.06. The average Bonchev–Trinajstić information content (AvgIpc) is 3.12. The van der Waals surface area contributed by atoms with Gasteiger partial charge in [0.1, 0.15) is 0 Å². The molecule has 21 heavy (non-hydrogen) atoms. The molecule has 2 heterocycles. The van der Waals surface area contributed by atoms with E-state index in [2.05, 4.69) is 25.8 Å². The molecule has 0 saturated heterocycles. The van der Waals surface area contributed by atoms with Crippen LogP contribution in [-0.2, 0) is 19.3 Å². The van der Waals surface area contributed by atoms with Gasteiger partial charge in [-0.2, -0.15) is 5.10 Å². The summed E-state index contributed by atoms with van der Waals surface area (Å²) >= 11 is 1.61. The van der Waals surface area contributed by atoms with E-state index in [4.69, 9.17) is 0 Å². The molecule has 3 rings (SSSR count). The third kappa shape index (κ3) is 3.81.